The Morgan fingerprint density at radius 3 is 1.90 bits per heavy atom. The van der Waals surface area contributed by atoms with Crippen LogP contribution in [0.2, 0.25) is 0 Å². The van der Waals surface area contributed by atoms with Crippen LogP contribution in [-0.4, -0.2) is 9.97 Å². The lowest BCUT2D eigenvalue weighted by molar-refractivity contribution is 0.496. The van der Waals surface area contributed by atoms with Crippen LogP contribution in [0.4, 0.5) is 0 Å². The number of H-pyrrole nitrogens is 2. The van der Waals surface area contributed by atoms with Crippen molar-refractivity contribution >= 4 is 21.8 Å². The van der Waals surface area contributed by atoms with Gasteiger partial charge in [0.2, 0.25) is 0 Å². The predicted octanol–water partition coefficient (Wildman–Crippen LogP) is 7.97. The van der Waals surface area contributed by atoms with Crippen molar-refractivity contribution in [3.05, 3.63) is 84.7 Å². The molecular weight excluding hydrogens is 364 g/mol. The van der Waals surface area contributed by atoms with Gasteiger partial charge in [0.05, 0.1) is 0 Å². The number of hydrogen-bond acceptors (Lipinski definition) is 0. The van der Waals surface area contributed by atoms with Crippen LogP contribution in [0.5, 0.6) is 0 Å². The molecule has 1 atom stereocenters. The highest BCUT2D eigenvalue weighted by Gasteiger charge is 2.08. The van der Waals surface area contributed by atoms with E-state index in [0.717, 1.165) is 6.42 Å². The molecule has 2 nitrogen and oxygen atoms in total. The van der Waals surface area contributed by atoms with Crippen LogP contribution >= 0.6 is 0 Å². The minimum Gasteiger partial charge on any atom is -0.361 e. The monoisotopic (exact) mass is 398 g/mol. The van der Waals surface area contributed by atoms with Gasteiger partial charge >= 0.3 is 0 Å². The van der Waals surface area contributed by atoms with Gasteiger partial charge < -0.3 is 9.97 Å². The lowest BCUT2D eigenvalue weighted by Crippen LogP contribution is -1.99. The molecule has 0 radical (unpaired) electrons. The highest BCUT2D eigenvalue weighted by atomic mass is 14.7. The second kappa shape index (κ2) is 10.3. The summed E-state index contributed by atoms with van der Waals surface area (Å²) in [5.41, 5.74) is 5.41. The lowest BCUT2D eigenvalue weighted by atomic mass is 9.93. The highest BCUT2D eigenvalue weighted by Crippen LogP contribution is 2.24. The molecule has 2 N–H and O–H groups in total. The Kier molecular flexibility index (Phi) is 7.07. The summed E-state index contributed by atoms with van der Waals surface area (Å²) >= 11 is 0. The Bertz CT molecular complexity index is 1070. The number of aromatic amines is 2. The average Bonchev–Trinajstić information content (AvgIpc) is 3.39. The summed E-state index contributed by atoms with van der Waals surface area (Å²) in [6, 6.07) is 17.2. The molecule has 4 aromatic rings. The zero-order valence-corrected chi connectivity index (χ0v) is 18.0. The maximum atomic E-state index is 4.09. The van der Waals surface area contributed by atoms with E-state index in [-0.39, 0.29) is 0 Å². The fourth-order valence-corrected chi connectivity index (χ4v) is 4.65. The van der Waals surface area contributed by atoms with Crippen molar-refractivity contribution in [3.63, 3.8) is 0 Å². The Balaban J connectivity index is 1.12. The van der Waals surface area contributed by atoms with E-state index in [2.05, 4.69) is 83.5 Å². The van der Waals surface area contributed by atoms with Crippen molar-refractivity contribution in [3.8, 4) is 0 Å². The molecule has 1 unspecified atom stereocenters. The number of aromatic nitrogens is 2. The topological polar surface area (TPSA) is 31.6 Å². The van der Waals surface area contributed by atoms with E-state index in [1.165, 1.54) is 84.3 Å². The Morgan fingerprint density at radius 2 is 1.23 bits per heavy atom. The van der Waals surface area contributed by atoms with Gasteiger partial charge in [0.25, 0.3) is 0 Å². The molecule has 2 heterocycles. The number of fused-ring (bicyclic) bond motifs is 2. The van der Waals surface area contributed by atoms with Crippen LogP contribution in [0, 0.1) is 5.92 Å². The summed E-state index contributed by atoms with van der Waals surface area (Å²) in [4.78, 5) is 6.78. The van der Waals surface area contributed by atoms with E-state index >= 15 is 0 Å². The molecule has 0 aliphatic carbocycles. The van der Waals surface area contributed by atoms with E-state index < -0.39 is 0 Å². The summed E-state index contributed by atoms with van der Waals surface area (Å²) in [6.45, 7) is 4.09. The fraction of sp³-hybridized carbons (Fsp3) is 0.357. The molecule has 0 saturated carbocycles. The highest BCUT2D eigenvalue weighted by molar-refractivity contribution is 5.83. The first-order valence-electron chi connectivity index (χ1n) is 11.6. The molecule has 0 fully saturated rings. The minimum atomic E-state index is 0.630. The number of allylic oxidation sites excluding steroid dienone is 1. The largest absolute Gasteiger partial charge is 0.361 e. The minimum absolute atomic E-state index is 0.630. The van der Waals surface area contributed by atoms with Crippen molar-refractivity contribution in [2.24, 2.45) is 5.92 Å². The van der Waals surface area contributed by atoms with Gasteiger partial charge in [-0.2, -0.15) is 0 Å². The first-order valence-corrected chi connectivity index (χ1v) is 11.6. The third kappa shape index (κ3) is 5.05. The first kappa shape index (κ1) is 20.5. The van der Waals surface area contributed by atoms with Crippen LogP contribution in [-0.2, 0) is 12.8 Å². The molecule has 30 heavy (non-hydrogen) atoms. The van der Waals surface area contributed by atoms with Crippen molar-refractivity contribution in [2.45, 2.75) is 57.8 Å². The van der Waals surface area contributed by atoms with Crippen LogP contribution in [0.25, 0.3) is 21.8 Å². The molecule has 0 aliphatic rings. The Morgan fingerprint density at radius 1 is 0.667 bits per heavy atom. The van der Waals surface area contributed by atoms with Gasteiger partial charge in [-0.1, -0.05) is 68.2 Å². The summed E-state index contributed by atoms with van der Waals surface area (Å²) in [5.74, 6) is 0.630. The Hall–Kier alpha value is -2.74. The van der Waals surface area contributed by atoms with Gasteiger partial charge in [0.15, 0.2) is 0 Å². The fourth-order valence-electron chi connectivity index (χ4n) is 4.65. The van der Waals surface area contributed by atoms with Gasteiger partial charge in [-0.05, 0) is 61.3 Å². The first-order chi connectivity index (χ1) is 14.8. The van der Waals surface area contributed by atoms with Crippen LogP contribution in [0.15, 0.2) is 73.6 Å². The standard InChI is InChI=1S/C28H34N2/c1-2-22(18-19-24-21-30-28-17-11-9-15-26(24)28)12-6-4-3-5-7-13-23-20-29-27-16-10-8-14-25(23)27/h2,8-11,14-17,20-22,29-30H,1,3-7,12-13,18-19H2. The molecule has 0 saturated heterocycles. The average molecular weight is 399 g/mol. The van der Waals surface area contributed by atoms with Crippen LogP contribution < -0.4 is 0 Å². The van der Waals surface area contributed by atoms with E-state index in [4.69, 9.17) is 0 Å². The van der Waals surface area contributed by atoms with Gasteiger partial charge in [-0.15, -0.1) is 6.58 Å². The lowest BCUT2D eigenvalue weighted by Gasteiger charge is -2.12. The number of nitrogens with one attached hydrogen (secondary N) is 2. The third-order valence-electron chi connectivity index (χ3n) is 6.49. The van der Waals surface area contributed by atoms with Crippen LogP contribution in [0.3, 0.4) is 0 Å². The maximum absolute atomic E-state index is 4.09. The molecule has 4 rings (SSSR count). The predicted molar refractivity (Wildman–Crippen MR) is 130 cm³/mol. The number of para-hydroxylation sites is 2. The smallest absolute Gasteiger partial charge is 0.0456 e. The van der Waals surface area contributed by atoms with Gasteiger partial charge in [0.1, 0.15) is 0 Å². The van der Waals surface area contributed by atoms with Gasteiger partial charge in [0, 0.05) is 34.2 Å². The summed E-state index contributed by atoms with van der Waals surface area (Å²) in [7, 11) is 0. The molecule has 0 spiro atoms. The van der Waals surface area contributed by atoms with Crippen molar-refractivity contribution in [2.75, 3.05) is 0 Å². The van der Waals surface area contributed by atoms with Gasteiger partial charge in [-0.3, -0.25) is 0 Å². The molecule has 156 valence electrons. The number of hydrogen-bond donors (Lipinski definition) is 2. The molecule has 0 bridgehead atoms. The SMILES string of the molecule is C=CC(CCCCCCCc1c[nH]c2ccccc12)CCc1c[nH]c2ccccc12. The molecule has 0 amide bonds. The molecule has 2 heteroatoms. The number of benzene rings is 2. The summed E-state index contributed by atoms with van der Waals surface area (Å²) in [5, 5.41) is 2.76. The molecule has 2 aromatic heterocycles. The summed E-state index contributed by atoms with van der Waals surface area (Å²) < 4.78 is 0. The molecule has 2 aromatic carbocycles. The van der Waals surface area contributed by atoms with Gasteiger partial charge in [-0.25, -0.2) is 0 Å². The third-order valence-corrected chi connectivity index (χ3v) is 6.49. The van der Waals surface area contributed by atoms with Crippen molar-refractivity contribution in [1.82, 2.24) is 9.97 Å². The normalized spacial score (nSPS) is 12.5. The second-order valence-electron chi connectivity index (χ2n) is 8.56. The van der Waals surface area contributed by atoms with Crippen molar-refractivity contribution in [1.29, 1.82) is 0 Å². The van der Waals surface area contributed by atoms with E-state index in [9.17, 15) is 0 Å². The summed E-state index contributed by atoms with van der Waals surface area (Å²) in [6.07, 6.45) is 17.9. The second-order valence-corrected chi connectivity index (χ2v) is 8.56. The van der Waals surface area contributed by atoms with Crippen molar-refractivity contribution < 1.29 is 0 Å². The number of aryl methyl sites for hydroxylation is 2. The Labute approximate surface area is 180 Å². The van der Waals surface area contributed by atoms with E-state index in [1.54, 1.807) is 0 Å². The number of unbranched alkanes of at least 4 members (excludes halogenated alkanes) is 4. The van der Waals surface area contributed by atoms with E-state index in [1.807, 2.05) is 0 Å². The zero-order chi connectivity index (χ0) is 20.6. The number of rotatable bonds is 12. The van der Waals surface area contributed by atoms with E-state index in [0.29, 0.717) is 5.92 Å². The quantitative estimate of drug-likeness (QED) is 0.179. The zero-order valence-electron chi connectivity index (χ0n) is 18.0. The molecular formula is C28H34N2. The van der Waals surface area contributed by atoms with Crippen LogP contribution in [0.1, 0.15) is 56.1 Å². The molecule has 0 aliphatic heterocycles. The maximum Gasteiger partial charge on any atom is 0.0456 e.